The Labute approximate surface area is 190 Å². The molecule has 2 aromatic rings. The average molecular weight is 462 g/mol. The fraction of sp³-hybridized carbons (Fsp3) is 0.391. The lowest BCUT2D eigenvalue weighted by Gasteiger charge is -2.23. The summed E-state index contributed by atoms with van der Waals surface area (Å²) in [6.07, 6.45) is 3.42. The third kappa shape index (κ3) is 7.26. The largest absolute Gasteiger partial charge is 0.490 e. The number of sulfonamides is 1. The summed E-state index contributed by atoms with van der Waals surface area (Å²) in [7, 11) is -3.66. The number of nitrogens with zero attached hydrogens (tertiary/aromatic N) is 2. The fourth-order valence-electron chi connectivity index (χ4n) is 3.02. The Bertz CT molecular complexity index is 1070. The highest BCUT2D eigenvalue weighted by Gasteiger charge is 2.22. The molecule has 0 aliphatic heterocycles. The van der Waals surface area contributed by atoms with Gasteiger partial charge in [0.15, 0.2) is 11.5 Å². The van der Waals surface area contributed by atoms with E-state index in [1.807, 2.05) is 26.8 Å². The summed E-state index contributed by atoms with van der Waals surface area (Å²) >= 11 is 0. The van der Waals surface area contributed by atoms with Gasteiger partial charge >= 0.3 is 0 Å². The molecule has 0 saturated heterocycles. The number of ether oxygens (including phenoxy) is 2. The molecule has 0 aliphatic rings. The molecule has 0 fully saturated rings. The van der Waals surface area contributed by atoms with Gasteiger partial charge in [-0.3, -0.25) is 9.10 Å². The van der Waals surface area contributed by atoms with Crippen molar-refractivity contribution < 1.29 is 22.7 Å². The highest BCUT2D eigenvalue weighted by molar-refractivity contribution is 7.92. The van der Waals surface area contributed by atoms with Crippen LogP contribution in [0.15, 0.2) is 41.5 Å². The number of nitrogens with one attached hydrogen (secondary N) is 1. The van der Waals surface area contributed by atoms with Crippen LogP contribution in [0, 0.1) is 13.8 Å². The molecule has 0 bridgehead atoms. The molecule has 174 valence electrons. The summed E-state index contributed by atoms with van der Waals surface area (Å²) in [5, 5.41) is 3.96. The van der Waals surface area contributed by atoms with Crippen LogP contribution in [0.1, 0.15) is 37.0 Å². The van der Waals surface area contributed by atoms with Gasteiger partial charge in [0.05, 0.1) is 31.4 Å². The van der Waals surface area contributed by atoms with Crippen molar-refractivity contribution in [2.45, 2.75) is 34.1 Å². The van der Waals surface area contributed by atoms with E-state index in [-0.39, 0.29) is 6.54 Å². The number of hydrogen-bond acceptors (Lipinski definition) is 6. The third-order valence-electron chi connectivity index (χ3n) is 4.44. The van der Waals surface area contributed by atoms with Crippen LogP contribution in [0.25, 0.3) is 0 Å². The van der Waals surface area contributed by atoms with Gasteiger partial charge in [0.2, 0.25) is 10.0 Å². The van der Waals surface area contributed by atoms with Gasteiger partial charge in [-0.2, -0.15) is 5.10 Å². The number of amides is 1. The van der Waals surface area contributed by atoms with Crippen molar-refractivity contribution in [3.05, 3.63) is 53.1 Å². The molecule has 8 nitrogen and oxygen atoms in total. The molecular formula is C23H31N3O5S. The molecule has 0 spiro atoms. The molecule has 0 radical (unpaired) electrons. The molecule has 0 unspecified atom stereocenters. The Balaban J connectivity index is 2.10. The van der Waals surface area contributed by atoms with Crippen molar-refractivity contribution >= 4 is 27.8 Å². The van der Waals surface area contributed by atoms with Gasteiger partial charge in [-0.15, -0.1) is 0 Å². The zero-order chi connectivity index (χ0) is 23.7. The standard InChI is InChI=1S/C23H31N3O5S/c1-6-12-31-21-11-9-19(14-22(21)30-7-2)15-24-25-23(27)16-26(32(5,28)29)20-10-8-17(3)13-18(20)4/h8-11,13-15H,6-7,12,16H2,1-5H3,(H,25,27)/b24-15-. The van der Waals surface area contributed by atoms with Crippen LogP contribution in [0.2, 0.25) is 0 Å². The second-order valence-corrected chi connectivity index (χ2v) is 9.25. The Morgan fingerprint density at radius 2 is 1.84 bits per heavy atom. The lowest BCUT2D eigenvalue weighted by Crippen LogP contribution is -2.39. The van der Waals surface area contributed by atoms with Crippen molar-refractivity contribution in [2.24, 2.45) is 5.10 Å². The van der Waals surface area contributed by atoms with Crippen LogP contribution in [-0.4, -0.2) is 46.6 Å². The number of rotatable bonds is 11. The van der Waals surface area contributed by atoms with Crippen molar-refractivity contribution in [1.29, 1.82) is 0 Å². The topological polar surface area (TPSA) is 97.3 Å². The summed E-state index contributed by atoms with van der Waals surface area (Å²) in [6, 6.07) is 10.7. The molecule has 9 heteroatoms. The van der Waals surface area contributed by atoms with Crippen LogP contribution in [0.5, 0.6) is 11.5 Å². The first-order valence-corrected chi connectivity index (χ1v) is 12.3. The van der Waals surface area contributed by atoms with Crippen LogP contribution < -0.4 is 19.2 Å². The van der Waals surface area contributed by atoms with Crippen LogP contribution >= 0.6 is 0 Å². The second kappa shape index (κ2) is 11.5. The molecule has 1 N–H and O–H groups in total. The average Bonchev–Trinajstić information content (AvgIpc) is 2.71. The van der Waals surface area contributed by atoms with Gasteiger partial charge in [-0.05, 0) is 62.6 Å². The Morgan fingerprint density at radius 1 is 1.09 bits per heavy atom. The smallest absolute Gasteiger partial charge is 0.260 e. The fourth-order valence-corrected chi connectivity index (χ4v) is 3.93. The quantitative estimate of drug-likeness (QED) is 0.409. The zero-order valence-electron chi connectivity index (χ0n) is 19.2. The number of carbonyl (C=O) groups is 1. The predicted molar refractivity (Wildman–Crippen MR) is 127 cm³/mol. The van der Waals surface area contributed by atoms with E-state index in [0.717, 1.165) is 28.1 Å². The summed E-state index contributed by atoms with van der Waals surface area (Å²) in [5.74, 6) is 0.682. The third-order valence-corrected chi connectivity index (χ3v) is 5.57. The van der Waals surface area contributed by atoms with Gasteiger partial charge in [-0.25, -0.2) is 13.8 Å². The van der Waals surface area contributed by atoms with E-state index in [2.05, 4.69) is 10.5 Å². The molecule has 0 aliphatic carbocycles. The molecule has 0 saturated carbocycles. The molecule has 0 atom stereocenters. The van der Waals surface area contributed by atoms with E-state index in [4.69, 9.17) is 9.47 Å². The van der Waals surface area contributed by atoms with E-state index >= 15 is 0 Å². The van der Waals surface area contributed by atoms with Gasteiger partial charge in [0.1, 0.15) is 6.54 Å². The number of aryl methyl sites for hydroxylation is 2. The maximum atomic E-state index is 12.4. The normalized spacial score (nSPS) is 11.4. The van der Waals surface area contributed by atoms with Crippen molar-refractivity contribution in [2.75, 3.05) is 30.3 Å². The van der Waals surface area contributed by atoms with E-state index in [9.17, 15) is 13.2 Å². The molecule has 2 rings (SSSR count). The maximum Gasteiger partial charge on any atom is 0.260 e. The molecular weight excluding hydrogens is 430 g/mol. The predicted octanol–water partition coefficient (Wildman–Crippen LogP) is 3.41. The summed E-state index contributed by atoms with van der Waals surface area (Å²) < 4.78 is 36.9. The highest BCUT2D eigenvalue weighted by atomic mass is 32.2. The zero-order valence-corrected chi connectivity index (χ0v) is 20.0. The Morgan fingerprint density at radius 3 is 2.47 bits per heavy atom. The summed E-state index contributed by atoms with van der Waals surface area (Å²) in [6.45, 7) is 8.32. The number of anilines is 1. The number of benzene rings is 2. The van der Waals surface area contributed by atoms with Crippen molar-refractivity contribution in [3.63, 3.8) is 0 Å². The molecule has 0 heterocycles. The number of hydrogen-bond donors (Lipinski definition) is 1. The lowest BCUT2D eigenvalue weighted by molar-refractivity contribution is -0.119. The minimum absolute atomic E-state index is 0.381. The van der Waals surface area contributed by atoms with Crippen LogP contribution in [-0.2, 0) is 14.8 Å². The SMILES string of the molecule is CCCOc1ccc(/C=N\NC(=O)CN(c2ccc(C)cc2C)S(C)(=O)=O)cc1OCC. The first-order chi connectivity index (χ1) is 15.2. The molecule has 1 amide bonds. The summed E-state index contributed by atoms with van der Waals surface area (Å²) in [4.78, 5) is 12.4. The first-order valence-electron chi connectivity index (χ1n) is 10.4. The van der Waals surface area contributed by atoms with Gasteiger partial charge in [-0.1, -0.05) is 24.6 Å². The van der Waals surface area contributed by atoms with Gasteiger partial charge in [0.25, 0.3) is 5.91 Å². The van der Waals surface area contributed by atoms with Crippen molar-refractivity contribution in [3.8, 4) is 11.5 Å². The van der Waals surface area contributed by atoms with E-state index in [0.29, 0.717) is 36.0 Å². The van der Waals surface area contributed by atoms with Crippen LogP contribution in [0.4, 0.5) is 5.69 Å². The van der Waals surface area contributed by atoms with Gasteiger partial charge in [0, 0.05) is 0 Å². The minimum Gasteiger partial charge on any atom is -0.490 e. The molecule has 32 heavy (non-hydrogen) atoms. The first kappa shape index (κ1) is 25.2. The second-order valence-electron chi connectivity index (χ2n) is 7.34. The van der Waals surface area contributed by atoms with Gasteiger partial charge < -0.3 is 9.47 Å². The maximum absolute atomic E-state index is 12.4. The highest BCUT2D eigenvalue weighted by Crippen LogP contribution is 2.28. The number of carbonyl (C=O) groups excluding carboxylic acids is 1. The molecule has 0 aromatic heterocycles. The van der Waals surface area contributed by atoms with E-state index in [1.165, 1.54) is 6.21 Å². The molecule has 2 aromatic carbocycles. The van der Waals surface area contributed by atoms with E-state index in [1.54, 1.807) is 37.3 Å². The monoisotopic (exact) mass is 461 g/mol. The Kier molecular flexibility index (Phi) is 9.07. The summed E-state index contributed by atoms with van der Waals surface area (Å²) in [5.41, 5.74) is 5.32. The minimum atomic E-state index is -3.66. The van der Waals surface area contributed by atoms with Crippen molar-refractivity contribution in [1.82, 2.24) is 5.43 Å². The number of hydrazone groups is 1. The Hall–Kier alpha value is -3.07. The lowest BCUT2D eigenvalue weighted by atomic mass is 10.1. The van der Waals surface area contributed by atoms with E-state index < -0.39 is 15.9 Å². The van der Waals surface area contributed by atoms with Crippen LogP contribution in [0.3, 0.4) is 0 Å².